The predicted molar refractivity (Wildman–Crippen MR) is 64.0 cm³/mol. The number of piperazine rings is 1. The van der Waals surface area contributed by atoms with Crippen molar-refractivity contribution in [1.29, 1.82) is 0 Å². The van der Waals surface area contributed by atoms with E-state index in [0.717, 1.165) is 26.2 Å². The zero-order valence-corrected chi connectivity index (χ0v) is 9.66. The van der Waals surface area contributed by atoms with Crippen molar-refractivity contribution < 1.29 is 0 Å². The second-order valence-electron chi connectivity index (χ2n) is 4.37. The molecular formula is C13H20N2. The molecule has 1 unspecified atom stereocenters. The molecule has 1 atom stereocenters. The quantitative estimate of drug-likeness (QED) is 0.792. The van der Waals surface area contributed by atoms with E-state index in [2.05, 4.69) is 48.3 Å². The van der Waals surface area contributed by atoms with E-state index >= 15 is 0 Å². The summed E-state index contributed by atoms with van der Waals surface area (Å²) in [5.74, 6) is 0. The molecule has 1 aliphatic heterocycles. The molecule has 0 radical (unpaired) electrons. The van der Waals surface area contributed by atoms with Crippen LogP contribution in [-0.4, -0.2) is 31.1 Å². The number of benzene rings is 1. The van der Waals surface area contributed by atoms with Crippen LogP contribution in [0.25, 0.3) is 0 Å². The maximum absolute atomic E-state index is 3.39. The van der Waals surface area contributed by atoms with Crippen LogP contribution in [0.2, 0.25) is 0 Å². The van der Waals surface area contributed by atoms with Gasteiger partial charge in [-0.05, 0) is 19.4 Å². The molecule has 2 heteroatoms. The standard InChI is InChI=1S/C13H20N2/c1-11-3-5-13(6-4-11)12(2)15-9-7-14-8-10-15/h3-6,12,14H,7-10H2,1-2H3. The molecular weight excluding hydrogens is 184 g/mol. The van der Waals surface area contributed by atoms with Crippen molar-refractivity contribution in [3.8, 4) is 0 Å². The van der Waals surface area contributed by atoms with Crippen LogP contribution in [0.5, 0.6) is 0 Å². The molecule has 1 N–H and O–H groups in total. The second-order valence-corrected chi connectivity index (χ2v) is 4.37. The number of nitrogens with one attached hydrogen (secondary N) is 1. The van der Waals surface area contributed by atoms with Gasteiger partial charge in [-0.15, -0.1) is 0 Å². The Bertz CT molecular complexity index is 299. The summed E-state index contributed by atoms with van der Waals surface area (Å²) in [5, 5.41) is 3.39. The Kier molecular flexibility index (Phi) is 3.39. The van der Waals surface area contributed by atoms with E-state index in [9.17, 15) is 0 Å². The van der Waals surface area contributed by atoms with E-state index in [4.69, 9.17) is 0 Å². The van der Waals surface area contributed by atoms with Crippen molar-refractivity contribution in [2.24, 2.45) is 0 Å². The highest BCUT2D eigenvalue weighted by molar-refractivity contribution is 5.23. The van der Waals surface area contributed by atoms with Crippen LogP contribution in [0.3, 0.4) is 0 Å². The smallest absolute Gasteiger partial charge is 0.0320 e. The average Bonchev–Trinajstić information content (AvgIpc) is 2.30. The third-order valence-corrected chi connectivity index (χ3v) is 3.26. The van der Waals surface area contributed by atoms with Crippen molar-refractivity contribution in [2.45, 2.75) is 19.9 Å². The van der Waals surface area contributed by atoms with E-state index in [-0.39, 0.29) is 0 Å². The predicted octanol–water partition coefficient (Wildman–Crippen LogP) is 1.96. The number of hydrogen-bond donors (Lipinski definition) is 1. The van der Waals surface area contributed by atoms with Gasteiger partial charge >= 0.3 is 0 Å². The lowest BCUT2D eigenvalue weighted by Crippen LogP contribution is -2.44. The van der Waals surface area contributed by atoms with Crippen LogP contribution < -0.4 is 5.32 Å². The molecule has 1 aliphatic rings. The van der Waals surface area contributed by atoms with Crippen LogP contribution in [0.1, 0.15) is 24.1 Å². The van der Waals surface area contributed by atoms with Crippen molar-refractivity contribution >= 4 is 0 Å². The fourth-order valence-electron chi connectivity index (χ4n) is 2.13. The second kappa shape index (κ2) is 4.77. The SMILES string of the molecule is Cc1ccc(C(C)N2CCNCC2)cc1. The summed E-state index contributed by atoms with van der Waals surface area (Å²) in [7, 11) is 0. The number of nitrogens with zero attached hydrogens (tertiary/aromatic N) is 1. The molecule has 82 valence electrons. The minimum atomic E-state index is 0.549. The molecule has 0 saturated carbocycles. The molecule has 0 spiro atoms. The Hall–Kier alpha value is -0.860. The molecule has 2 nitrogen and oxygen atoms in total. The van der Waals surface area contributed by atoms with Gasteiger partial charge in [0, 0.05) is 32.2 Å². The highest BCUT2D eigenvalue weighted by atomic mass is 15.2. The van der Waals surface area contributed by atoms with Gasteiger partial charge in [0.25, 0.3) is 0 Å². The van der Waals surface area contributed by atoms with Crippen LogP contribution in [0.15, 0.2) is 24.3 Å². The third kappa shape index (κ3) is 2.58. The fraction of sp³-hybridized carbons (Fsp3) is 0.538. The Labute approximate surface area is 92.3 Å². The van der Waals surface area contributed by atoms with Gasteiger partial charge < -0.3 is 5.32 Å². The van der Waals surface area contributed by atoms with Gasteiger partial charge in [0.05, 0.1) is 0 Å². The van der Waals surface area contributed by atoms with E-state index < -0.39 is 0 Å². The zero-order chi connectivity index (χ0) is 10.7. The number of aryl methyl sites for hydroxylation is 1. The summed E-state index contributed by atoms with van der Waals surface area (Å²) >= 11 is 0. The molecule has 0 amide bonds. The summed E-state index contributed by atoms with van der Waals surface area (Å²) in [6.45, 7) is 9.01. The Balaban J connectivity index is 2.05. The van der Waals surface area contributed by atoms with Crippen molar-refractivity contribution in [3.63, 3.8) is 0 Å². The summed E-state index contributed by atoms with van der Waals surface area (Å²) < 4.78 is 0. The first-order valence-corrected chi connectivity index (χ1v) is 5.79. The maximum Gasteiger partial charge on any atom is 0.0320 e. The van der Waals surface area contributed by atoms with Crippen LogP contribution in [0, 0.1) is 6.92 Å². The molecule has 0 bridgehead atoms. The van der Waals surface area contributed by atoms with Crippen molar-refractivity contribution in [1.82, 2.24) is 10.2 Å². The van der Waals surface area contributed by atoms with Gasteiger partial charge in [-0.2, -0.15) is 0 Å². The molecule has 15 heavy (non-hydrogen) atoms. The first kappa shape index (κ1) is 10.7. The van der Waals surface area contributed by atoms with Crippen LogP contribution in [0.4, 0.5) is 0 Å². The highest BCUT2D eigenvalue weighted by Crippen LogP contribution is 2.20. The average molecular weight is 204 g/mol. The van der Waals surface area contributed by atoms with Gasteiger partial charge in [-0.3, -0.25) is 4.90 Å². The van der Waals surface area contributed by atoms with E-state index in [1.54, 1.807) is 0 Å². The fourth-order valence-corrected chi connectivity index (χ4v) is 2.13. The van der Waals surface area contributed by atoms with E-state index in [0.29, 0.717) is 6.04 Å². The molecule has 1 fully saturated rings. The molecule has 0 aromatic heterocycles. The van der Waals surface area contributed by atoms with Gasteiger partial charge in [-0.25, -0.2) is 0 Å². The summed E-state index contributed by atoms with van der Waals surface area (Å²) in [4.78, 5) is 2.54. The van der Waals surface area contributed by atoms with Gasteiger partial charge in [-0.1, -0.05) is 29.8 Å². The van der Waals surface area contributed by atoms with Crippen LogP contribution >= 0.6 is 0 Å². The Morgan fingerprint density at radius 1 is 1.13 bits per heavy atom. The Morgan fingerprint density at radius 2 is 1.73 bits per heavy atom. The molecule has 1 aromatic carbocycles. The number of rotatable bonds is 2. The zero-order valence-electron chi connectivity index (χ0n) is 9.66. The van der Waals surface area contributed by atoms with Gasteiger partial charge in [0.15, 0.2) is 0 Å². The van der Waals surface area contributed by atoms with Crippen molar-refractivity contribution in [2.75, 3.05) is 26.2 Å². The third-order valence-electron chi connectivity index (χ3n) is 3.26. The minimum absolute atomic E-state index is 0.549. The lowest BCUT2D eigenvalue weighted by Gasteiger charge is -2.33. The van der Waals surface area contributed by atoms with E-state index in [1.807, 2.05) is 0 Å². The Morgan fingerprint density at radius 3 is 2.33 bits per heavy atom. The first-order valence-electron chi connectivity index (χ1n) is 5.79. The monoisotopic (exact) mass is 204 g/mol. The molecule has 1 heterocycles. The maximum atomic E-state index is 3.39. The molecule has 1 aromatic rings. The van der Waals surface area contributed by atoms with E-state index in [1.165, 1.54) is 11.1 Å². The van der Waals surface area contributed by atoms with Gasteiger partial charge in [0.1, 0.15) is 0 Å². The van der Waals surface area contributed by atoms with Crippen molar-refractivity contribution in [3.05, 3.63) is 35.4 Å². The topological polar surface area (TPSA) is 15.3 Å². The lowest BCUT2D eigenvalue weighted by molar-refractivity contribution is 0.185. The summed E-state index contributed by atoms with van der Waals surface area (Å²) in [6, 6.07) is 9.46. The summed E-state index contributed by atoms with van der Waals surface area (Å²) in [5.41, 5.74) is 2.77. The first-order chi connectivity index (χ1) is 7.27. The lowest BCUT2D eigenvalue weighted by atomic mass is 10.0. The number of hydrogen-bond acceptors (Lipinski definition) is 2. The normalized spacial score (nSPS) is 20.1. The minimum Gasteiger partial charge on any atom is -0.314 e. The van der Waals surface area contributed by atoms with Gasteiger partial charge in [0.2, 0.25) is 0 Å². The largest absolute Gasteiger partial charge is 0.314 e. The summed E-state index contributed by atoms with van der Waals surface area (Å²) in [6.07, 6.45) is 0. The highest BCUT2D eigenvalue weighted by Gasteiger charge is 2.17. The molecule has 1 saturated heterocycles. The molecule has 2 rings (SSSR count). The molecule has 0 aliphatic carbocycles. The van der Waals surface area contributed by atoms with Crippen LogP contribution in [-0.2, 0) is 0 Å².